The lowest BCUT2D eigenvalue weighted by Gasteiger charge is -2.51. The topological polar surface area (TPSA) is 37.4 Å². The number of rotatable bonds is 3. The van der Waals surface area contributed by atoms with Crippen molar-refractivity contribution in [3.63, 3.8) is 0 Å². The van der Waals surface area contributed by atoms with Crippen molar-refractivity contribution in [3.05, 3.63) is 95.0 Å². The highest BCUT2D eigenvalue weighted by Crippen LogP contribution is 2.51. The molecule has 1 atom stereocenters. The highest BCUT2D eigenvalue weighted by atomic mass is 35.5. The summed E-state index contributed by atoms with van der Waals surface area (Å²) in [7, 11) is -3.76. The quantitative estimate of drug-likeness (QED) is 0.514. The first-order valence-electron chi connectivity index (χ1n) is 9.62. The largest absolute Gasteiger partial charge is 0.264 e. The Morgan fingerprint density at radius 2 is 1.41 bits per heavy atom. The molecule has 150 valence electrons. The number of sulfonamides is 1. The first-order valence-corrected chi connectivity index (χ1v) is 11.4. The standard InChI is InChI=1S/C24H24ClNO2S/c1-23(2)17-24(3,18-9-5-4-6-10-18)21-11-7-8-12-22(21)26(23)29(27,28)20-15-13-19(25)14-16-20/h4-16H,17H2,1-3H3/t24-/m1/s1. The summed E-state index contributed by atoms with van der Waals surface area (Å²) >= 11 is 5.98. The summed E-state index contributed by atoms with van der Waals surface area (Å²) in [6, 6.07) is 24.5. The number of para-hydroxylation sites is 1. The van der Waals surface area contributed by atoms with Crippen LogP contribution < -0.4 is 4.31 Å². The summed E-state index contributed by atoms with van der Waals surface area (Å²) < 4.78 is 29.0. The summed E-state index contributed by atoms with van der Waals surface area (Å²) in [4.78, 5) is 0.244. The van der Waals surface area contributed by atoms with Gasteiger partial charge in [0.1, 0.15) is 0 Å². The molecule has 0 saturated carbocycles. The van der Waals surface area contributed by atoms with Gasteiger partial charge in [-0.3, -0.25) is 4.31 Å². The number of fused-ring (bicyclic) bond motifs is 1. The predicted octanol–water partition coefficient (Wildman–Crippen LogP) is 6.02. The number of halogens is 1. The third kappa shape index (κ3) is 3.24. The summed E-state index contributed by atoms with van der Waals surface area (Å²) in [6.45, 7) is 6.20. The Bertz CT molecular complexity index is 1140. The van der Waals surface area contributed by atoms with Crippen LogP contribution in [-0.4, -0.2) is 14.0 Å². The van der Waals surface area contributed by atoms with Crippen molar-refractivity contribution in [2.24, 2.45) is 0 Å². The molecule has 0 aromatic heterocycles. The predicted molar refractivity (Wildman–Crippen MR) is 119 cm³/mol. The van der Waals surface area contributed by atoms with E-state index in [0.29, 0.717) is 11.4 Å². The summed E-state index contributed by atoms with van der Waals surface area (Å²) in [5.41, 5.74) is 2.00. The van der Waals surface area contributed by atoms with E-state index in [1.54, 1.807) is 28.6 Å². The van der Waals surface area contributed by atoms with Crippen molar-refractivity contribution in [1.82, 2.24) is 0 Å². The number of nitrogens with zero attached hydrogens (tertiary/aromatic N) is 1. The zero-order valence-corrected chi connectivity index (χ0v) is 18.3. The van der Waals surface area contributed by atoms with Gasteiger partial charge >= 0.3 is 0 Å². The second kappa shape index (κ2) is 6.89. The molecule has 0 unspecified atom stereocenters. The van der Waals surface area contributed by atoms with Gasteiger partial charge in [-0.1, -0.05) is 67.1 Å². The minimum absolute atomic E-state index is 0.244. The van der Waals surface area contributed by atoms with E-state index in [1.165, 1.54) is 5.56 Å². The van der Waals surface area contributed by atoms with Crippen molar-refractivity contribution in [1.29, 1.82) is 0 Å². The SMILES string of the molecule is CC1(C)C[C@](C)(c2ccccc2)c2ccccc2N1S(=O)(=O)c1ccc(Cl)cc1. The number of hydrogen-bond acceptors (Lipinski definition) is 2. The second-order valence-electron chi connectivity index (χ2n) is 8.43. The summed E-state index contributed by atoms with van der Waals surface area (Å²) in [6.07, 6.45) is 0.661. The van der Waals surface area contributed by atoms with E-state index >= 15 is 0 Å². The number of anilines is 1. The van der Waals surface area contributed by atoms with Crippen LogP contribution in [0.3, 0.4) is 0 Å². The molecular weight excluding hydrogens is 402 g/mol. The molecule has 1 aliphatic heterocycles. The van der Waals surface area contributed by atoms with Crippen LogP contribution in [0.4, 0.5) is 5.69 Å². The molecule has 1 heterocycles. The molecule has 3 nitrogen and oxygen atoms in total. The molecule has 0 amide bonds. The van der Waals surface area contributed by atoms with Crippen LogP contribution in [0.2, 0.25) is 5.02 Å². The van der Waals surface area contributed by atoms with Gasteiger partial charge < -0.3 is 0 Å². The molecule has 1 aliphatic rings. The third-order valence-corrected chi connectivity index (χ3v) is 8.11. The molecule has 0 saturated heterocycles. The van der Waals surface area contributed by atoms with E-state index in [9.17, 15) is 8.42 Å². The van der Waals surface area contributed by atoms with Crippen LogP contribution in [0.5, 0.6) is 0 Å². The maximum absolute atomic E-state index is 13.7. The van der Waals surface area contributed by atoms with Gasteiger partial charge in [0.15, 0.2) is 0 Å². The van der Waals surface area contributed by atoms with Crippen LogP contribution in [0.1, 0.15) is 38.3 Å². The molecule has 0 N–H and O–H groups in total. The first kappa shape index (κ1) is 20.0. The number of benzene rings is 3. The molecule has 3 aromatic rings. The maximum atomic E-state index is 13.7. The van der Waals surface area contributed by atoms with Crippen molar-refractivity contribution in [3.8, 4) is 0 Å². The minimum Gasteiger partial charge on any atom is -0.260 e. The fourth-order valence-corrected chi connectivity index (χ4v) is 6.66. The Morgan fingerprint density at radius 3 is 2.07 bits per heavy atom. The molecule has 0 fully saturated rings. The maximum Gasteiger partial charge on any atom is 0.264 e. The van der Waals surface area contributed by atoms with Crippen LogP contribution >= 0.6 is 11.6 Å². The zero-order valence-electron chi connectivity index (χ0n) is 16.8. The fourth-order valence-electron chi connectivity index (χ4n) is 4.71. The molecule has 5 heteroatoms. The van der Waals surface area contributed by atoms with Gasteiger partial charge in [0.25, 0.3) is 10.0 Å². The molecule has 0 radical (unpaired) electrons. The Balaban J connectivity index is 1.94. The van der Waals surface area contributed by atoms with Crippen LogP contribution in [0.15, 0.2) is 83.8 Å². The average molecular weight is 426 g/mol. The minimum atomic E-state index is -3.76. The van der Waals surface area contributed by atoms with E-state index in [-0.39, 0.29) is 10.3 Å². The molecule has 4 rings (SSSR count). The lowest BCUT2D eigenvalue weighted by molar-refractivity contribution is 0.351. The molecule has 3 aromatic carbocycles. The normalized spacial score (nSPS) is 20.9. The van der Waals surface area contributed by atoms with Gasteiger partial charge in [-0.15, -0.1) is 0 Å². The van der Waals surface area contributed by atoms with E-state index in [0.717, 1.165) is 11.3 Å². The Labute approximate surface area is 178 Å². The van der Waals surface area contributed by atoms with Crippen molar-refractivity contribution in [2.75, 3.05) is 4.31 Å². The second-order valence-corrected chi connectivity index (χ2v) is 10.7. The van der Waals surface area contributed by atoms with Gasteiger partial charge in [0.05, 0.1) is 16.1 Å². The van der Waals surface area contributed by atoms with Gasteiger partial charge in [0.2, 0.25) is 0 Å². The Kier molecular flexibility index (Phi) is 4.75. The lowest BCUT2D eigenvalue weighted by Crippen LogP contribution is -2.55. The molecular formula is C24H24ClNO2S. The van der Waals surface area contributed by atoms with Gasteiger partial charge in [-0.2, -0.15) is 0 Å². The van der Waals surface area contributed by atoms with Crippen LogP contribution in [0, 0.1) is 0 Å². The molecule has 0 aliphatic carbocycles. The van der Waals surface area contributed by atoms with Crippen molar-refractivity contribution in [2.45, 2.75) is 43.0 Å². The van der Waals surface area contributed by atoms with Gasteiger partial charge in [-0.05, 0) is 61.7 Å². The van der Waals surface area contributed by atoms with E-state index in [2.05, 4.69) is 19.1 Å². The summed E-state index contributed by atoms with van der Waals surface area (Å²) in [5.74, 6) is 0. The third-order valence-electron chi connectivity index (χ3n) is 5.82. The fraction of sp³-hybridized carbons (Fsp3) is 0.250. The average Bonchev–Trinajstić information content (AvgIpc) is 2.68. The molecule has 0 bridgehead atoms. The lowest BCUT2D eigenvalue weighted by atomic mass is 9.66. The van der Waals surface area contributed by atoms with E-state index < -0.39 is 15.6 Å². The Morgan fingerprint density at radius 1 is 0.828 bits per heavy atom. The monoisotopic (exact) mass is 425 g/mol. The smallest absolute Gasteiger partial charge is 0.260 e. The van der Waals surface area contributed by atoms with Crippen LogP contribution in [0.25, 0.3) is 0 Å². The van der Waals surface area contributed by atoms with Crippen LogP contribution in [-0.2, 0) is 15.4 Å². The van der Waals surface area contributed by atoms with E-state index in [1.807, 2.05) is 56.3 Å². The Hall–Kier alpha value is -2.30. The van der Waals surface area contributed by atoms with Gasteiger partial charge in [0, 0.05) is 10.4 Å². The number of hydrogen-bond donors (Lipinski definition) is 0. The highest BCUT2D eigenvalue weighted by molar-refractivity contribution is 7.93. The molecule has 29 heavy (non-hydrogen) atoms. The van der Waals surface area contributed by atoms with E-state index in [4.69, 9.17) is 11.6 Å². The van der Waals surface area contributed by atoms with Crippen molar-refractivity contribution < 1.29 is 8.42 Å². The van der Waals surface area contributed by atoms with Gasteiger partial charge in [-0.25, -0.2) is 8.42 Å². The van der Waals surface area contributed by atoms with Crippen molar-refractivity contribution >= 4 is 27.3 Å². The molecule has 0 spiro atoms. The summed E-state index contributed by atoms with van der Waals surface area (Å²) in [5, 5.41) is 0.513. The first-order chi connectivity index (χ1) is 13.7. The highest BCUT2D eigenvalue weighted by Gasteiger charge is 2.49. The zero-order chi connectivity index (χ0) is 20.9.